The molecule has 0 radical (unpaired) electrons. The number of tetrazole rings is 1. The minimum Gasteiger partial charge on any atom is -0.490 e. The summed E-state index contributed by atoms with van der Waals surface area (Å²) >= 11 is 9.68. The monoisotopic (exact) mass is 608 g/mol. The average molecular weight is 610 g/mol. The highest BCUT2D eigenvalue weighted by atomic mass is 79.9. The molecule has 1 aliphatic heterocycles. The van der Waals surface area contributed by atoms with Crippen molar-refractivity contribution in [1.29, 1.82) is 0 Å². The quantitative estimate of drug-likeness (QED) is 0.242. The van der Waals surface area contributed by atoms with Gasteiger partial charge in [0.05, 0.1) is 16.7 Å². The van der Waals surface area contributed by atoms with Gasteiger partial charge in [-0.15, -0.1) is 0 Å². The normalized spacial score (nSPS) is 14.4. The van der Waals surface area contributed by atoms with Crippen molar-refractivity contribution < 1.29 is 14.3 Å². The van der Waals surface area contributed by atoms with Crippen LogP contribution in [-0.2, 0) is 11.4 Å². The summed E-state index contributed by atoms with van der Waals surface area (Å²) in [6.45, 7) is 6.47. The molecule has 5 rings (SSSR count). The fourth-order valence-corrected chi connectivity index (χ4v) is 5.04. The molecule has 1 atom stereocenters. The van der Waals surface area contributed by atoms with Crippen LogP contribution in [0.5, 0.6) is 11.5 Å². The van der Waals surface area contributed by atoms with Crippen molar-refractivity contribution in [3.63, 3.8) is 0 Å². The fourth-order valence-electron chi connectivity index (χ4n) is 4.33. The Hall–Kier alpha value is -3.89. The number of aromatic nitrogens is 4. The molecule has 3 aromatic carbocycles. The third kappa shape index (κ3) is 5.76. The summed E-state index contributed by atoms with van der Waals surface area (Å²) in [6.07, 6.45) is 0. The van der Waals surface area contributed by atoms with E-state index in [9.17, 15) is 4.79 Å². The molecule has 0 spiro atoms. The van der Waals surface area contributed by atoms with Crippen LogP contribution in [0.3, 0.4) is 0 Å². The minimum atomic E-state index is -0.623. The molecule has 1 unspecified atom stereocenters. The summed E-state index contributed by atoms with van der Waals surface area (Å²) in [6, 6.07) is 18.2. The van der Waals surface area contributed by atoms with E-state index >= 15 is 0 Å². The average Bonchev–Trinajstić information content (AvgIpc) is 3.37. The van der Waals surface area contributed by atoms with Crippen LogP contribution in [0, 0.1) is 6.92 Å². The van der Waals surface area contributed by atoms with E-state index in [0.717, 1.165) is 16.7 Å². The number of rotatable bonds is 8. The Labute approximate surface area is 239 Å². The minimum absolute atomic E-state index is 0.271. The summed E-state index contributed by atoms with van der Waals surface area (Å²) in [5.74, 6) is 1.24. The predicted octanol–water partition coefficient (Wildman–Crippen LogP) is 6.30. The number of hydrogen-bond acceptors (Lipinski definition) is 7. The Morgan fingerprint density at radius 2 is 1.85 bits per heavy atom. The maximum Gasteiger partial charge on any atom is 0.255 e. The zero-order valence-corrected chi connectivity index (χ0v) is 23.9. The van der Waals surface area contributed by atoms with Gasteiger partial charge < -0.3 is 20.1 Å². The van der Waals surface area contributed by atoms with E-state index in [2.05, 4.69) is 42.1 Å². The van der Waals surface area contributed by atoms with Gasteiger partial charge in [-0.2, -0.15) is 4.68 Å². The summed E-state index contributed by atoms with van der Waals surface area (Å²) in [5, 5.41) is 18.9. The van der Waals surface area contributed by atoms with Gasteiger partial charge in [-0.25, -0.2) is 0 Å². The highest BCUT2D eigenvalue weighted by Crippen LogP contribution is 2.43. The van der Waals surface area contributed by atoms with E-state index in [1.807, 2.05) is 81.4 Å². The van der Waals surface area contributed by atoms with E-state index in [1.54, 1.807) is 4.68 Å². The maximum atomic E-state index is 13.7. The summed E-state index contributed by atoms with van der Waals surface area (Å²) in [7, 11) is 0. The van der Waals surface area contributed by atoms with Crippen molar-refractivity contribution in [2.75, 3.05) is 17.2 Å². The van der Waals surface area contributed by atoms with Gasteiger partial charge in [-0.05, 0) is 94.7 Å². The maximum absolute atomic E-state index is 13.7. The second-order valence-electron chi connectivity index (χ2n) is 9.01. The van der Waals surface area contributed by atoms with Crippen LogP contribution >= 0.6 is 27.5 Å². The highest BCUT2D eigenvalue weighted by Gasteiger charge is 2.35. The van der Waals surface area contributed by atoms with Crippen LogP contribution in [0.1, 0.15) is 36.6 Å². The molecule has 0 bridgehead atoms. The van der Waals surface area contributed by atoms with Gasteiger partial charge in [0.25, 0.3) is 5.91 Å². The summed E-state index contributed by atoms with van der Waals surface area (Å²) in [5.41, 5.74) is 4.61. The third-order valence-corrected chi connectivity index (χ3v) is 7.05. The Balaban J connectivity index is 1.52. The lowest BCUT2D eigenvalue weighted by molar-refractivity contribution is -0.113. The number of ether oxygens (including phenoxy) is 2. The number of aryl methyl sites for hydroxylation is 1. The first-order valence-corrected chi connectivity index (χ1v) is 13.5. The molecular weight excluding hydrogens is 584 g/mol. The number of carbonyl (C=O) groups is 1. The number of benzene rings is 3. The van der Waals surface area contributed by atoms with Gasteiger partial charge in [0.2, 0.25) is 5.95 Å². The lowest BCUT2D eigenvalue weighted by atomic mass is 9.94. The van der Waals surface area contributed by atoms with Crippen LogP contribution < -0.4 is 20.1 Å². The van der Waals surface area contributed by atoms with Crippen molar-refractivity contribution >= 4 is 45.1 Å². The second-order valence-corrected chi connectivity index (χ2v) is 10.3. The van der Waals surface area contributed by atoms with Gasteiger partial charge in [-0.1, -0.05) is 46.5 Å². The number of hydrogen-bond donors (Lipinski definition) is 2. The number of fused-ring (bicyclic) bond motifs is 1. The highest BCUT2D eigenvalue weighted by molar-refractivity contribution is 9.10. The van der Waals surface area contributed by atoms with Crippen molar-refractivity contribution in [2.24, 2.45) is 0 Å². The van der Waals surface area contributed by atoms with Crippen molar-refractivity contribution in [2.45, 2.75) is 33.4 Å². The van der Waals surface area contributed by atoms with Gasteiger partial charge in [0, 0.05) is 16.4 Å². The Morgan fingerprint density at radius 3 is 2.56 bits per heavy atom. The number of carbonyl (C=O) groups excluding carboxylic acids is 1. The Bertz CT molecular complexity index is 1540. The Morgan fingerprint density at radius 1 is 1.10 bits per heavy atom. The second kappa shape index (κ2) is 11.5. The third-order valence-electron chi connectivity index (χ3n) is 6.21. The zero-order chi connectivity index (χ0) is 27.5. The lowest BCUT2D eigenvalue weighted by Crippen LogP contribution is -2.31. The number of nitrogens with one attached hydrogen (secondary N) is 2. The largest absolute Gasteiger partial charge is 0.490 e. The van der Waals surface area contributed by atoms with Gasteiger partial charge in [-0.3, -0.25) is 4.79 Å². The zero-order valence-electron chi connectivity index (χ0n) is 21.5. The van der Waals surface area contributed by atoms with Crippen LogP contribution in [0.4, 0.5) is 11.6 Å². The van der Waals surface area contributed by atoms with Gasteiger partial charge in [0.1, 0.15) is 12.6 Å². The molecule has 200 valence electrons. The fraction of sp³-hybridized carbons (Fsp3) is 0.214. The van der Waals surface area contributed by atoms with Crippen molar-refractivity contribution in [3.05, 3.63) is 98.1 Å². The smallest absolute Gasteiger partial charge is 0.255 e. The molecule has 0 saturated heterocycles. The number of halogens is 2. The predicted molar refractivity (Wildman–Crippen MR) is 153 cm³/mol. The molecule has 0 fully saturated rings. The van der Waals surface area contributed by atoms with Gasteiger partial charge in [0.15, 0.2) is 11.5 Å². The van der Waals surface area contributed by atoms with E-state index in [-0.39, 0.29) is 5.91 Å². The molecule has 0 saturated carbocycles. The van der Waals surface area contributed by atoms with Crippen LogP contribution in [-0.4, -0.2) is 32.7 Å². The first-order valence-electron chi connectivity index (χ1n) is 12.3. The molecule has 9 nitrogen and oxygen atoms in total. The molecule has 39 heavy (non-hydrogen) atoms. The SMILES string of the molecule is CCOc1cc(C2C(C(=O)Nc3ccc(C)cc3)=C(C)Nc3nnnn32)cc(Br)c1OCc1ccc(Cl)cc1. The molecule has 1 aliphatic rings. The standard InChI is InChI=1S/C28H26BrClN6O3/c1-4-38-23-14-19(13-22(29)26(23)39-15-18-7-9-20(30)10-8-18)25-24(17(3)31-28-33-34-35-36(25)28)27(37)32-21-11-5-16(2)6-12-21/h5-14,25H,4,15H2,1-3H3,(H,32,37)(H,31,33,35). The van der Waals surface area contributed by atoms with E-state index < -0.39 is 6.04 Å². The number of anilines is 2. The first kappa shape index (κ1) is 26.7. The number of nitrogens with zero attached hydrogens (tertiary/aromatic N) is 4. The molecule has 1 amide bonds. The summed E-state index contributed by atoms with van der Waals surface area (Å²) < 4.78 is 14.4. The van der Waals surface area contributed by atoms with Crippen LogP contribution in [0.15, 0.2) is 76.4 Å². The molecule has 2 N–H and O–H groups in total. The van der Waals surface area contributed by atoms with E-state index in [4.69, 9.17) is 21.1 Å². The summed E-state index contributed by atoms with van der Waals surface area (Å²) in [4.78, 5) is 13.7. The molecular formula is C28H26BrClN6O3. The molecule has 1 aromatic heterocycles. The lowest BCUT2D eigenvalue weighted by Gasteiger charge is -2.28. The molecule has 11 heteroatoms. The van der Waals surface area contributed by atoms with Gasteiger partial charge >= 0.3 is 0 Å². The van der Waals surface area contributed by atoms with Crippen molar-refractivity contribution in [3.8, 4) is 11.5 Å². The van der Waals surface area contributed by atoms with E-state index in [0.29, 0.717) is 57.1 Å². The van der Waals surface area contributed by atoms with Crippen molar-refractivity contribution in [1.82, 2.24) is 20.2 Å². The topological polar surface area (TPSA) is 103 Å². The van der Waals surface area contributed by atoms with E-state index in [1.165, 1.54) is 0 Å². The first-order chi connectivity index (χ1) is 18.8. The molecule has 4 aromatic rings. The molecule has 2 heterocycles. The number of allylic oxidation sites excluding steroid dienone is 1. The van der Waals surface area contributed by atoms with Crippen LogP contribution in [0.2, 0.25) is 5.02 Å². The molecule has 0 aliphatic carbocycles. The van der Waals surface area contributed by atoms with Crippen LogP contribution in [0.25, 0.3) is 0 Å². The number of amides is 1. The Kier molecular flexibility index (Phi) is 7.85.